The molecule has 2 amide bonds. The highest BCUT2D eigenvalue weighted by Gasteiger charge is 2.35. The molecule has 0 bridgehead atoms. The van der Waals surface area contributed by atoms with Gasteiger partial charge in [0.1, 0.15) is 23.7 Å². The second kappa shape index (κ2) is 15.3. The van der Waals surface area contributed by atoms with Crippen molar-refractivity contribution in [1.29, 1.82) is 0 Å². The van der Waals surface area contributed by atoms with Gasteiger partial charge >= 0.3 is 0 Å². The van der Waals surface area contributed by atoms with Crippen LogP contribution < -0.4 is 10.6 Å². The van der Waals surface area contributed by atoms with Crippen LogP contribution in [-0.4, -0.2) is 86.7 Å². The Balaban J connectivity index is 0.896. The topological polar surface area (TPSA) is 174 Å². The fourth-order valence-electron chi connectivity index (χ4n) is 7.37. The minimum Gasteiger partial charge on any atom is -0.343 e. The summed E-state index contributed by atoms with van der Waals surface area (Å²) in [6.07, 6.45) is 13.8. The lowest BCUT2D eigenvalue weighted by molar-refractivity contribution is -0.133. The lowest BCUT2D eigenvalue weighted by Gasteiger charge is -2.26. The van der Waals surface area contributed by atoms with E-state index in [-0.39, 0.29) is 23.9 Å². The van der Waals surface area contributed by atoms with E-state index in [1.54, 1.807) is 36.9 Å². The Hall–Kier alpha value is -6.44. The lowest BCUT2D eigenvalue weighted by Crippen LogP contribution is -2.41. The summed E-state index contributed by atoms with van der Waals surface area (Å²) in [7, 11) is 0. The molecule has 2 aliphatic heterocycles. The average Bonchev–Trinajstić information content (AvgIpc) is 4.05. The van der Waals surface area contributed by atoms with Gasteiger partial charge < -0.3 is 30.4 Å². The van der Waals surface area contributed by atoms with E-state index < -0.39 is 12.1 Å². The first kappa shape index (κ1) is 34.6. The van der Waals surface area contributed by atoms with Gasteiger partial charge in [0.25, 0.3) is 0 Å². The van der Waals surface area contributed by atoms with Gasteiger partial charge in [0.2, 0.25) is 23.7 Å². The van der Waals surface area contributed by atoms with Crippen LogP contribution in [0.1, 0.15) is 63.3 Å². The number of hydrogen-bond donors (Lipinski definition) is 4. The summed E-state index contributed by atoms with van der Waals surface area (Å²) in [5, 5.41) is 6.22. The maximum atomic E-state index is 13.4. The zero-order valence-electron chi connectivity index (χ0n) is 30.2. The third-order valence-electron chi connectivity index (χ3n) is 10.2. The number of aromatic amines is 2. The van der Waals surface area contributed by atoms with E-state index in [1.807, 2.05) is 36.0 Å². The van der Waals surface area contributed by atoms with E-state index in [0.717, 1.165) is 71.0 Å². The normalized spacial score (nSPS) is 18.0. The van der Waals surface area contributed by atoms with Crippen LogP contribution >= 0.6 is 0 Å². The Morgan fingerprint density at radius 2 is 0.963 bits per heavy atom. The highest BCUT2D eigenvalue weighted by atomic mass is 16.2. The van der Waals surface area contributed by atoms with Crippen LogP contribution in [0.2, 0.25) is 0 Å². The largest absolute Gasteiger partial charge is 0.343 e. The molecule has 2 saturated heterocycles. The van der Waals surface area contributed by atoms with Crippen molar-refractivity contribution in [3.63, 3.8) is 0 Å². The zero-order valence-corrected chi connectivity index (χ0v) is 30.2. The number of rotatable bonds is 11. The van der Waals surface area contributed by atoms with Crippen molar-refractivity contribution < 1.29 is 9.59 Å². The molecule has 0 aliphatic carbocycles. The summed E-state index contributed by atoms with van der Waals surface area (Å²) in [6, 6.07) is 19.1. The molecule has 8 rings (SSSR count). The van der Waals surface area contributed by atoms with Gasteiger partial charge in [0, 0.05) is 37.9 Å². The summed E-state index contributed by atoms with van der Waals surface area (Å²) in [5.74, 6) is 2.44. The highest BCUT2D eigenvalue weighted by molar-refractivity contribution is 5.85. The van der Waals surface area contributed by atoms with Gasteiger partial charge in [-0.15, -0.1) is 0 Å². The molecule has 6 heterocycles. The summed E-state index contributed by atoms with van der Waals surface area (Å²) in [6.45, 7) is 5.03. The van der Waals surface area contributed by atoms with Gasteiger partial charge in [0.15, 0.2) is 0 Å². The molecular weight excluding hydrogens is 681 g/mol. The second-order valence-corrected chi connectivity index (χ2v) is 13.8. The summed E-state index contributed by atoms with van der Waals surface area (Å²) in [5.41, 5.74) is 6.03. The van der Waals surface area contributed by atoms with Crippen LogP contribution in [0.4, 0.5) is 11.9 Å². The summed E-state index contributed by atoms with van der Waals surface area (Å²) < 4.78 is 0. The number of anilines is 2. The third-order valence-corrected chi connectivity index (χ3v) is 10.2. The Kier molecular flexibility index (Phi) is 9.79. The van der Waals surface area contributed by atoms with Gasteiger partial charge in [-0.25, -0.2) is 29.9 Å². The number of benzene rings is 2. The number of likely N-dealkylation sites (tertiary alicyclic amines) is 2. The standard InChI is InChI=1S/C40H42N12O2/c1-25(47-39-41-17-5-18-42-39)37(53)51-21-3-7-33(51)35-45-23-31(49-35)29-13-9-27(10-14-29)28-11-15-30(16-12-28)32-24-46-36(50-32)34-8-4-22-52(34)38(54)26(2)48-40-43-19-6-20-44-40/h5-6,9-20,23-26,33-34H,3-4,7-8,21-22H2,1-2H3,(H,45,49)(H,46,50)(H,41,42,47)(H,43,44,48)/t25-,26-,33-,34-/m0/s1. The molecule has 6 aromatic rings. The number of nitrogens with one attached hydrogen (secondary N) is 4. The van der Waals surface area contributed by atoms with Gasteiger partial charge in [0.05, 0.1) is 35.9 Å². The molecule has 2 aliphatic rings. The number of carbonyl (C=O) groups excluding carboxylic acids is 2. The molecule has 14 nitrogen and oxygen atoms in total. The fourth-order valence-corrected chi connectivity index (χ4v) is 7.37. The molecule has 0 saturated carbocycles. The minimum atomic E-state index is -0.463. The molecule has 4 N–H and O–H groups in total. The van der Waals surface area contributed by atoms with Crippen molar-refractivity contribution in [1.82, 2.24) is 49.7 Å². The number of aromatic nitrogens is 8. The van der Waals surface area contributed by atoms with Gasteiger partial charge in [-0.05, 0) is 73.9 Å². The van der Waals surface area contributed by atoms with Crippen LogP contribution in [0.15, 0.2) is 97.8 Å². The maximum Gasteiger partial charge on any atom is 0.245 e. The third kappa shape index (κ3) is 7.27. The molecule has 54 heavy (non-hydrogen) atoms. The van der Waals surface area contributed by atoms with E-state index in [0.29, 0.717) is 25.0 Å². The number of amides is 2. The first-order valence-electron chi connectivity index (χ1n) is 18.4. The Morgan fingerprint density at radius 1 is 0.593 bits per heavy atom. The first-order valence-corrected chi connectivity index (χ1v) is 18.4. The summed E-state index contributed by atoms with van der Waals surface area (Å²) >= 11 is 0. The van der Waals surface area contributed by atoms with E-state index in [4.69, 9.17) is 9.97 Å². The predicted molar refractivity (Wildman–Crippen MR) is 205 cm³/mol. The van der Waals surface area contributed by atoms with Crippen molar-refractivity contribution in [2.24, 2.45) is 0 Å². The zero-order chi connectivity index (χ0) is 37.0. The molecule has 2 fully saturated rings. The Labute approximate surface area is 312 Å². The molecule has 0 unspecified atom stereocenters. The van der Waals surface area contributed by atoms with Gasteiger partial charge in [-0.2, -0.15) is 0 Å². The van der Waals surface area contributed by atoms with Crippen molar-refractivity contribution in [3.8, 4) is 33.6 Å². The molecule has 0 spiro atoms. The van der Waals surface area contributed by atoms with Gasteiger partial charge in [-0.1, -0.05) is 48.5 Å². The predicted octanol–water partition coefficient (Wildman–Crippen LogP) is 6.04. The minimum absolute atomic E-state index is 0.00275. The molecule has 0 radical (unpaired) electrons. The number of hydrogen-bond acceptors (Lipinski definition) is 10. The molecule has 4 atom stereocenters. The van der Waals surface area contributed by atoms with E-state index in [1.165, 1.54) is 0 Å². The number of nitrogens with zero attached hydrogens (tertiary/aromatic N) is 8. The monoisotopic (exact) mass is 722 g/mol. The molecule has 4 aromatic heterocycles. The SMILES string of the molecule is C[C@H](Nc1ncccn1)C(=O)N1CCC[C@H]1c1ncc(-c2ccc(-c3ccc(-c4cnc([C@@H]5CCCN5C(=O)[C@H](C)Nc5ncccn5)[nH]4)cc3)cc2)[nH]1. The number of imidazole rings is 2. The highest BCUT2D eigenvalue weighted by Crippen LogP contribution is 2.34. The van der Waals surface area contributed by atoms with Crippen molar-refractivity contribution in [3.05, 3.63) is 109 Å². The Morgan fingerprint density at radius 3 is 1.35 bits per heavy atom. The summed E-state index contributed by atoms with van der Waals surface area (Å²) in [4.78, 5) is 63.7. The maximum absolute atomic E-state index is 13.4. The quantitative estimate of drug-likeness (QED) is 0.123. The van der Waals surface area contributed by atoms with E-state index in [2.05, 4.69) is 89.1 Å². The second-order valence-electron chi connectivity index (χ2n) is 13.8. The van der Waals surface area contributed by atoms with Crippen LogP contribution in [-0.2, 0) is 9.59 Å². The van der Waals surface area contributed by atoms with Gasteiger partial charge in [-0.3, -0.25) is 9.59 Å². The average molecular weight is 723 g/mol. The Bertz CT molecular complexity index is 2030. The smallest absolute Gasteiger partial charge is 0.245 e. The molecule has 14 heteroatoms. The van der Waals surface area contributed by atoms with Crippen LogP contribution in [0.5, 0.6) is 0 Å². The van der Waals surface area contributed by atoms with E-state index in [9.17, 15) is 9.59 Å². The fraction of sp³-hybridized carbons (Fsp3) is 0.300. The first-order chi connectivity index (χ1) is 26.4. The molecule has 2 aromatic carbocycles. The molecule has 274 valence electrons. The van der Waals surface area contributed by atoms with Crippen LogP contribution in [0, 0.1) is 0 Å². The number of carbonyl (C=O) groups is 2. The van der Waals surface area contributed by atoms with Crippen LogP contribution in [0.3, 0.4) is 0 Å². The number of H-pyrrole nitrogens is 2. The van der Waals surface area contributed by atoms with Crippen molar-refractivity contribution in [2.75, 3.05) is 23.7 Å². The van der Waals surface area contributed by atoms with Crippen LogP contribution in [0.25, 0.3) is 33.6 Å². The molecular formula is C40H42N12O2. The lowest BCUT2D eigenvalue weighted by atomic mass is 10.0. The van der Waals surface area contributed by atoms with E-state index >= 15 is 0 Å². The van der Waals surface area contributed by atoms with Crippen molar-refractivity contribution >= 4 is 23.7 Å². The van der Waals surface area contributed by atoms with Crippen molar-refractivity contribution in [2.45, 2.75) is 63.7 Å².